The number of ether oxygens (including phenoxy) is 1. The van der Waals surface area contributed by atoms with Crippen molar-refractivity contribution in [2.75, 3.05) is 6.61 Å². The minimum Gasteiger partial charge on any atom is -0.376 e. The highest BCUT2D eigenvalue weighted by Crippen LogP contribution is 2.23. The Morgan fingerprint density at radius 1 is 1.44 bits per heavy atom. The molecule has 0 aliphatic heterocycles. The van der Waals surface area contributed by atoms with Crippen LogP contribution in [0.1, 0.15) is 46.0 Å². The Morgan fingerprint density at radius 3 is 2.67 bits per heavy atom. The van der Waals surface area contributed by atoms with Gasteiger partial charge in [0.05, 0.1) is 6.10 Å². The monoisotopic (exact) mass is 254 g/mol. The fourth-order valence-corrected chi connectivity index (χ4v) is 2.21. The van der Waals surface area contributed by atoms with Gasteiger partial charge in [-0.05, 0) is 19.3 Å². The number of rotatable bonds is 8. The quantitative estimate of drug-likeness (QED) is 0.549. The molecule has 0 aliphatic rings. The second-order valence-corrected chi connectivity index (χ2v) is 4.79. The summed E-state index contributed by atoms with van der Waals surface area (Å²) in [4.78, 5) is 4.43. The van der Waals surface area contributed by atoms with E-state index < -0.39 is 0 Å². The van der Waals surface area contributed by atoms with Crippen molar-refractivity contribution in [1.82, 2.24) is 15.0 Å². The first-order valence-corrected chi connectivity index (χ1v) is 6.74. The molecule has 0 fully saturated rings. The number of aryl methyl sites for hydroxylation is 1. The predicted octanol–water partition coefficient (Wildman–Crippen LogP) is 1.86. The lowest BCUT2D eigenvalue weighted by atomic mass is 9.99. The number of nitrogens with one attached hydrogen (secondary N) is 1. The average molecular weight is 254 g/mol. The van der Waals surface area contributed by atoms with E-state index in [1.54, 1.807) is 0 Å². The minimum atomic E-state index is -0.0773. The predicted molar refractivity (Wildman–Crippen MR) is 72.8 cm³/mol. The molecule has 2 unspecified atom stereocenters. The lowest BCUT2D eigenvalue weighted by Crippen LogP contribution is -2.42. The van der Waals surface area contributed by atoms with E-state index in [-0.39, 0.29) is 12.1 Å². The van der Waals surface area contributed by atoms with Crippen molar-refractivity contribution < 1.29 is 4.74 Å². The molecule has 0 radical (unpaired) electrons. The summed E-state index contributed by atoms with van der Waals surface area (Å²) in [6.07, 6.45) is 4.91. The number of hydrazine groups is 1. The van der Waals surface area contributed by atoms with Crippen LogP contribution in [0.15, 0.2) is 12.4 Å². The molecule has 1 aromatic heterocycles. The SMILES string of the molecule is CCCn1ccnc1C(NN)C(OCC)C(C)C. The number of hydrogen-bond acceptors (Lipinski definition) is 4. The molecule has 0 spiro atoms. The highest BCUT2D eigenvalue weighted by molar-refractivity contribution is 5.02. The Morgan fingerprint density at radius 2 is 2.17 bits per heavy atom. The smallest absolute Gasteiger partial charge is 0.129 e. The molecule has 1 rings (SSSR count). The molecule has 0 aromatic carbocycles. The van der Waals surface area contributed by atoms with Gasteiger partial charge in [0.15, 0.2) is 0 Å². The van der Waals surface area contributed by atoms with Crippen LogP contribution < -0.4 is 11.3 Å². The molecule has 0 saturated carbocycles. The standard InChI is InChI=1S/C13H26N4O/c1-5-8-17-9-7-15-13(17)11(16-14)12(10(3)4)18-6-2/h7,9-12,16H,5-6,8,14H2,1-4H3. The summed E-state index contributed by atoms with van der Waals surface area (Å²) in [5, 5.41) is 0. The van der Waals surface area contributed by atoms with Crippen molar-refractivity contribution in [2.45, 2.75) is 52.8 Å². The van der Waals surface area contributed by atoms with Crippen LogP contribution in [0.4, 0.5) is 0 Å². The van der Waals surface area contributed by atoms with E-state index >= 15 is 0 Å². The lowest BCUT2D eigenvalue weighted by molar-refractivity contribution is -0.000149. The molecule has 0 bridgehead atoms. The lowest BCUT2D eigenvalue weighted by Gasteiger charge is -2.29. The summed E-state index contributed by atoms with van der Waals surface area (Å²) >= 11 is 0. The average Bonchev–Trinajstić information content (AvgIpc) is 2.78. The zero-order valence-electron chi connectivity index (χ0n) is 11.9. The maximum absolute atomic E-state index is 5.82. The molecule has 5 nitrogen and oxygen atoms in total. The summed E-state index contributed by atoms with van der Waals surface area (Å²) < 4.78 is 7.96. The number of nitrogens with zero attached hydrogens (tertiary/aromatic N) is 2. The number of nitrogens with two attached hydrogens (primary N) is 1. The van der Waals surface area contributed by atoms with E-state index in [4.69, 9.17) is 10.6 Å². The van der Waals surface area contributed by atoms with Gasteiger partial charge >= 0.3 is 0 Å². The largest absolute Gasteiger partial charge is 0.376 e. The highest BCUT2D eigenvalue weighted by atomic mass is 16.5. The van der Waals surface area contributed by atoms with Crippen LogP contribution in [0.5, 0.6) is 0 Å². The van der Waals surface area contributed by atoms with E-state index in [0.29, 0.717) is 12.5 Å². The summed E-state index contributed by atoms with van der Waals surface area (Å²) in [5.41, 5.74) is 2.86. The Hall–Kier alpha value is -0.910. The van der Waals surface area contributed by atoms with Gasteiger partial charge in [-0.3, -0.25) is 5.84 Å². The van der Waals surface area contributed by atoms with Crippen LogP contribution >= 0.6 is 0 Å². The van der Waals surface area contributed by atoms with Crippen molar-refractivity contribution in [3.8, 4) is 0 Å². The maximum Gasteiger partial charge on any atom is 0.129 e. The number of aromatic nitrogens is 2. The molecule has 0 aliphatic carbocycles. The second-order valence-electron chi connectivity index (χ2n) is 4.79. The summed E-state index contributed by atoms with van der Waals surface area (Å²) in [6, 6.07) is -0.0773. The van der Waals surface area contributed by atoms with Gasteiger partial charge in [-0.1, -0.05) is 20.8 Å². The highest BCUT2D eigenvalue weighted by Gasteiger charge is 2.28. The molecule has 5 heteroatoms. The molecule has 0 saturated heterocycles. The Kier molecular flexibility index (Phi) is 6.32. The van der Waals surface area contributed by atoms with Gasteiger partial charge in [-0.25, -0.2) is 10.4 Å². The maximum atomic E-state index is 5.82. The molecular weight excluding hydrogens is 228 g/mol. The van der Waals surface area contributed by atoms with Crippen molar-refractivity contribution >= 4 is 0 Å². The van der Waals surface area contributed by atoms with Crippen LogP contribution in [-0.2, 0) is 11.3 Å². The van der Waals surface area contributed by atoms with Crippen LogP contribution in [0.2, 0.25) is 0 Å². The normalized spacial score (nSPS) is 15.0. The van der Waals surface area contributed by atoms with Gasteiger partial charge in [0.25, 0.3) is 0 Å². The molecule has 18 heavy (non-hydrogen) atoms. The molecule has 2 atom stereocenters. The van der Waals surface area contributed by atoms with E-state index in [1.807, 2.05) is 19.3 Å². The Bertz CT molecular complexity index is 337. The third kappa shape index (κ3) is 3.54. The first-order valence-electron chi connectivity index (χ1n) is 6.74. The van der Waals surface area contributed by atoms with E-state index in [1.165, 1.54) is 0 Å². The first kappa shape index (κ1) is 15.1. The summed E-state index contributed by atoms with van der Waals surface area (Å²) in [5.74, 6) is 7.04. The fraction of sp³-hybridized carbons (Fsp3) is 0.769. The molecule has 1 heterocycles. The Labute approximate surface area is 110 Å². The minimum absolute atomic E-state index is 0.0259. The van der Waals surface area contributed by atoms with E-state index in [0.717, 1.165) is 18.8 Å². The van der Waals surface area contributed by atoms with Crippen LogP contribution in [-0.4, -0.2) is 22.3 Å². The third-order valence-electron chi connectivity index (χ3n) is 3.01. The van der Waals surface area contributed by atoms with Gasteiger partial charge in [0.2, 0.25) is 0 Å². The van der Waals surface area contributed by atoms with Gasteiger partial charge in [-0.15, -0.1) is 0 Å². The zero-order chi connectivity index (χ0) is 13.5. The Balaban J connectivity index is 2.95. The van der Waals surface area contributed by atoms with Gasteiger partial charge in [0.1, 0.15) is 11.9 Å². The molecular formula is C13H26N4O. The second kappa shape index (κ2) is 7.51. The van der Waals surface area contributed by atoms with Crippen LogP contribution in [0.25, 0.3) is 0 Å². The van der Waals surface area contributed by atoms with Gasteiger partial charge in [0, 0.05) is 25.5 Å². The van der Waals surface area contributed by atoms with Crippen molar-refractivity contribution in [1.29, 1.82) is 0 Å². The van der Waals surface area contributed by atoms with Gasteiger partial charge < -0.3 is 9.30 Å². The number of imidazole rings is 1. The molecule has 104 valence electrons. The molecule has 0 amide bonds. The van der Waals surface area contributed by atoms with Crippen molar-refractivity contribution in [3.63, 3.8) is 0 Å². The summed E-state index contributed by atoms with van der Waals surface area (Å²) in [6.45, 7) is 10.0. The number of hydrogen-bond donors (Lipinski definition) is 2. The molecule has 1 aromatic rings. The fourth-order valence-electron chi connectivity index (χ4n) is 2.21. The summed E-state index contributed by atoms with van der Waals surface area (Å²) in [7, 11) is 0. The van der Waals surface area contributed by atoms with Crippen molar-refractivity contribution in [2.24, 2.45) is 11.8 Å². The van der Waals surface area contributed by atoms with Crippen LogP contribution in [0, 0.1) is 5.92 Å². The molecule has 3 N–H and O–H groups in total. The van der Waals surface area contributed by atoms with Crippen LogP contribution in [0.3, 0.4) is 0 Å². The topological polar surface area (TPSA) is 65.1 Å². The zero-order valence-corrected chi connectivity index (χ0v) is 11.9. The van der Waals surface area contributed by atoms with Crippen molar-refractivity contribution in [3.05, 3.63) is 18.2 Å². The third-order valence-corrected chi connectivity index (χ3v) is 3.01. The van der Waals surface area contributed by atoms with Gasteiger partial charge in [-0.2, -0.15) is 0 Å². The first-order chi connectivity index (χ1) is 8.65. The van der Waals surface area contributed by atoms with E-state index in [2.05, 4.69) is 35.7 Å². The van der Waals surface area contributed by atoms with E-state index in [9.17, 15) is 0 Å².